The van der Waals surface area contributed by atoms with Crippen LogP contribution in [0.4, 0.5) is 0 Å². The standard InChI is InChI=1S/C16H24N2O/c1-4-18(3)16(19)12(2)17-15-11-7-9-13-8-5-6-10-14(13)15/h5-6,8,10,12,15,17H,4,7,9,11H2,1-3H3. The summed E-state index contributed by atoms with van der Waals surface area (Å²) in [6.45, 7) is 4.72. The highest BCUT2D eigenvalue weighted by Gasteiger charge is 2.24. The van der Waals surface area contributed by atoms with Crippen molar-refractivity contribution in [3.8, 4) is 0 Å². The van der Waals surface area contributed by atoms with Crippen molar-refractivity contribution in [3.63, 3.8) is 0 Å². The Morgan fingerprint density at radius 2 is 2.21 bits per heavy atom. The molecule has 2 unspecified atom stereocenters. The molecule has 1 aromatic rings. The van der Waals surface area contributed by atoms with E-state index in [1.807, 2.05) is 20.9 Å². The second-order valence-corrected chi connectivity index (χ2v) is 5.38. The van der Waals surface area contributed by atoms with Crippen LogP contribution in [0, 0.1) is 0 Å². The number of aryl methyl sites for hydroxylation is 1. The quantitative estimate of drug-likeness (QED) is 0.902. The van der Waals surface area contributed by atoms with E-state index in [1.54, 1.807) is 4.90 Å². The average molecular weight is 260 g/mol. The van der Waals surface area contributed by atoms with Crippen molar-refractivity contribution in [2.45, 2.75) is 45.2 Å². The Hall–Kier alpha value is -1.35. The fourth-order valence-electron chi connectivity index (χ4n) is 2.79. The Labute approximate surface area is 116 Å². The molecule has 1 aromatic carbocycles. The summed E-state index contributed by atoms with van der Waals surface area (Å²) >= 11 is 0. The molecule has 0 heterocycles. The van der Waals surface area contributed by atoms with Gasteiger partial charge in [-0.2, -0.15) is 0 Å². The minimum atomic E-state index is -0.124. The molecule has 0 fully saturated rings. The van der Waals surface area contributed by atoms with Crippen LogP contribution in [0.15, 0.2) is 24.3 Å². The van der Waals surface area contributed by atoms with Crippen LogP contribution in [0.25, 0.3) is 0 Å². The Kier molecular flexibility index (Phi) is 4.59. The number of fused-ring (bicyclic) bond motifs is 1. The molecule has 0 aliphatic heterocycles. The third-order valence-electron chi connectivity index (χ3n) is 4.04. The van der Waals surface area contributed by atoms with Crippen LogP contribution in [-0.2, 0) is 11.2 Å². The largest absolute Gasteiger partial charge is 0.345 e. The molecule has 1 amide bonds. The number of carbonyl (C=O) groups is 1. The van der Waals surface area contributed by atoms with Crippen molar-refractivity contribution in [2.24, 2.45) is 0 Å². The summed E-state index contributed by atoms with van der Waals surface area (Å²) in [5.74, 6) is 0.172. The molecule has 0 saturated carbocycles. The summed E-state index contributed by atoms with van der Waals surface area (Å²) in [6, 6.07) is 8.76. The molecule has 1 N–H and O–H groups in total. The van der Waals surface area contributed by atoms with Crippen LogP contribution in [0.5, 0.6) is 0 Å². The number of hydrogen-bond acceptors (Lipinski definition) is 2. The van der Waals surface area contributed by atoms with Gasteiger partial charge in [0, 0.05) is 19.6 Å². The SMILES string of the molecule is CCN(C)C(=O)C(C)NC1CCCc2ccccc21. The van der Waals surface area contributed by atoms with Crippen LogP contribution >= 0.6 is 0 Å². The smallest absolute Gasteiger partial charge is 0.239 e. The number of benzene rings is 1. The van der Waals surface area contributed by atoms with Gasteiger partial charge in [0.15, 0.2) is 0 Å². The maximum absolute atomic E-state index is 12.1. The predicted molar refractivity (Wildman–Crippen MR) is 78.0 cm³/mol. The van der Waals surface area contributed by atoms with Gasteiger partial charge in [-0.1, -0.05) is 24.3 Å². The van der Waals surface area contributed by atoms with Gasteiger partial charge in [0.2, 0.25) is 5.91 Å². The molecule has 1 aliphatic carbocycles. The van der Waals surface area contributed by atoms with E-state index in [0.29, 0.717) is 6.04 Å². The Balaban J connectivity index is 2.06. The van der Waals surface area contributed by atoms with Gasteiger partial charge in [-0.25, -0.2) is 0 Å². The first kappa shape index (κ1) is 14.1. The lowest BCUT2D eigenvalue weighted by molar-refractivity contribution is -0.131. The van der Waals surface area contributed by atoms with Crippen LogP contribution in [-0.4, -0.2) is 30.4 Å². The number of likely N-dealkylation sites (N-methyl/N-ethyl adjacent to an activating group) is 1. The normalized spacial score (nSPS) is 19.6. The van der Waals surface area contributed by atoms with Crippen molar-refractivity contribution in [3.05, 3.63) is 35.4 Å². The molecule has 2 rings (SSSR count). The number of nitrogens with zero attached hydrogens (tertiary/aromatic N) is 1. The highest BCUT2D eigenvalue weighted by Crippen LogP contribution is 2.29. The van der Waals surface area contributed by atoms with Crippen molar-refractivity contribution in [2.75, 3.05) is 13.6 Å². The fraction of sp³-hybridized carbons (Fsp3) is 0.562. The van der Waals surface area contributed by atoms with Gasteiger partial charge < -0.3 is 4.90 Å². The van der Waals surface area contributed by atoms with E-state index in [4.69, 9.17) is 0 Å². The van der Waals surface area contributed by atoms with Crippen molar-refractivity contribution in [1.82, 2.24) is 10.2 Å². The summed E-state index contributed by atoms with van der Waals surface area (Å²) < 4.78 is 0. The van der Waals surface area contributed by atoms with E-state index in [2.05, 4.69) is 29.6 Å². The van der Waals surface area contributed by atoms with Gasteiger partial charge >= 0.3 is 0 Å². The Bertz CT molecular complexity index is 444. The number of carbonyl (C=O) groups excluding carboxylic acids is 1. The number of nitrogens with one attached hydrogen (secondary N) is 1. The van der Waals surface area contributed by atoms with E-state index in [9.17, 15) is 4.79 Å². The monoisotopic (exact) mass is 260 g/mol. The summed E-state index contributed by atoms with van der Waals surface area (Å²) in [7, 11) is 1.86. The van der Waals surface area contributed by atoms with Gasteiger partial charge in [-0.05, 0) is 44.2 Å². The van der Waals surface area contributed by atoms with Crippen molar-refractivity contribution in [1.29, 1.82) is 0 Å². The van der Waals surface area contributed by atoms with E-state index in [0.717, 1.165) is 19.4 Å². The highest BCUT2D eigenvalue weighted by molar-refractivity contribution is 5.81. The van der Waals surface area contributed by atoms with Crippen LogP contribution in [0.3, 0.4) is 0 Å². The average Bonchev–Trinajstić information content (AvgIpc) is 2.46. The van der Waals surface area contributed by atoms with Crippen molar-refractivity contribution >= 4 is 5.91 Å². The second kappa shape index (κ2) is 6.20. The molecule has 0 saturated heterocycles. The van der Waals surface area contributed by atoms with Gasteiger partial charge in [0.1, 0.15) is 0 Å². The Morgan fingerprint density at radius 3 is 2.95 bits per heavy atom. The van der Waals surface area contributed by atoms with E-state index in [1.165, 1.54) is 17.5 Å². The summed E-state index contributed by atoms with van der Waals surface area (Å²) in [5, 5.41) is 3.50. The summed E-state index contributed by atoms with van der Waals surface area (Å²) in [6.07, 6.45) is 3.47. The maximum atomic E-state index is 12.1. The molecule has 0 spiro atoms. The highest BCUT2D eigenvalue weighted by atomic mass is 16.2. The molecule has 1 aliphatic rings. The van der Waals surface area contributed by atoms with E-state index >= 15 is 0 Å². The number of amides is 1. The lowest BCUT2D eigenvalue weighted by atomic mass is 9.87. The molecule has 0 radical (unpaired) electrons. The van der Waals surface area contributed by atoms with E-state index in [-0.39, 0.29) is 11.9 Å². The molecule has 2 atom stereocenters. The molecule has 0 aromatic heterocycles. The first-order valence-corrected chi connectivity index (χ1v) is 7.22. The molecular formula is C16H24N2O. The minimum absolute atomic E-state index is 0.124. The maximum Gasteiger partial charge on any atom is 0.239 e. The number of rotatable bonds is 4. The minimum Gasteiger partial charge on any atom is -0.345 e. The third-order valence-corrected chi connectivity index (χ3v) is 4.04. The zero-order valence-corrected chi connectivity index (χ0v) is 12.1. The zero-order valence-electron chi connectivity index (χ0n) is 12.1. The number of hydrogen-bond donors (Lipinski definition) is 1. The first-order valence-electron chi connectivity index (χ1n) is 7.22. The molecule has 3 nitrogen and oxygen atoms in total. The third kappa shape index (κ3) is 3.16. The molecule has 0 bridgehead atoms. The van der Waals surface area contributed by atoms with Crippen LogP contribution < -0.4 is 5.32 Å². The summed E-state index contributed by atoms with van der Waals surface area (Å²) in [5.41, 5.74) is 2.79. The molecule has 19 heavy (non-hydrogen) atoms. The lowest BCUT2D eigenvalue weighted by Crippen LogP contribution is -2.45. The fourth-order valence-corrected chi connectivity index (χ4v) is 2.79. The van der Waals surface area contributed by atoms with Crippen molar-refractivity contribution < 1.29 is 4.79 Å². The molecule has 3 heteroatoms. The van der Waals surface area contributed by atoms with Gasteiger partial charge in [0.05, 0.1) is 6.04 Å². The Morgan fingerprint density at radius 1 is 1.47 bits per heavy atom. The van der Waals surface area contributed by atoms with E-state index < -0.39 is 0 Å². The van der Waals surface area contributed by atoms with Crippen LogP contribution in [0.2, 0.25) is 0 Å². The molecular weight excluding hydrogens is 236 g/mol. The zero-order chi connectivity index (χ0) is 13.8. The molecule has 104 valence electrons. The second-order valence-electron chi connectivity index (χ2n) is 5.38. The summed E-state index contributed by atoms with van der Waals surface area (Å²) in [4.78, 5) is 13.9. The first-order chi connectivity index (χ1) is 9.13. The van der Waals surface area contributed by atoms with Gasteiger partial charge in [-0.15, -0.1) is 0 Å². The lowest BCUT2D eigenvalue weighted by Gasteiger charge is -2.30. The van der Waals surface area contributed by atoms with Crippen LogP contribution in [0.1, 0.15) is 43.9 Å². The predicted octanol–water partition coefficient (Wildman–Crippen LogP) is 2.52. The van der Waals surface area contributed by atoms with Gasteiger partial charge in [0.25, 0.3) is 0 Å². The topological polar surface area (TPSA) is 32.3 Å². The van der Waals surface area contributed by atoms with Gasteiger partial charge in [-0.3, -0.25) is 10.1 Å².